The smallest absolute Gasteiger partial charge is 0.196 e. The van der Waals surface area contributed by atoms with Gasteiger partial charge in [0.15, 0.2) is 5.78 Å². The van der Waals surface area contributed by atoms with Gasteiger partial charge in [-0.1, -0.05) is 29.3 Å². The largest absolute Gasteiger partial charge is 0.497 e. The highest BCUT2D eigenvalue weighted by atomic mass is 35.5. The molecule has 4 heteroatoms. The molecule has 2 aromatic rings. The van der Waals surface area contributed by atoms with Gasteiger partial charge in [0.25, 0.3) is 0 Å². The molecule has 0 aliphatic carbocycles. The van der Waals surface area contributed by atoms with Crippen molar-refractivity contribution in [2.24, 2.45) is 0 Å². The highest BCUT2D eigenvalue weighted by Crippen LogP contribution is 2.28. The first-order valence-electron chi connectivity index (χ1n) is 5.68. The third kappa shape index (κ3) is 2.75. The summed E-state index contributed by atoms with van der Waals surface area (Å²) in [5, 5.41) is 0.709. The maximum atomic E-state index is 12.5. The quantitative estimate of drug-likeness (QED) is 0.777. The van der Waals surface area contributed by atoms with E-state index in [0.717, 1.165) is 5.56 Å². The van der Waals surface area contributed by atoms with Gasteiger partial charge in [0, 0.05) is 5.56 Å². The van der Waals surface area contributed by atoms with E-state index >= 15 is 0 Å². The number of rotatable bonds is 3. The maximum absolute atomic E-state index is 12.5. The molecule has 98 valence electrons. The number of benzene rings is 2. The summed E-state index contributed by atoms with van der Waals surface area (Å²) in [5.74, 6) is 0.523. The van der Waals surface area contributed by atoms with E-state index in [4.69, 9.17) is 27.9 Å². The molecule has 0 saturated heterocycles. The summed E-state index contributed by atoms with van der Waals surface area (Å²) < 4.78 is 5.12. The van der Waals surface area contributed by atoms with Crippen molar-refractivity contribution in [2.75, 3.05) is 7.11 Å². The molecular formula is C15H12Cl2O2. The van der Waals surface area contributed by atoms with Crippen molar-refractivity contribution in [3.05, 3.63) is 63.1 Å². The molecule has 2 nitrogen and oxygen atoms in total. The number of halogens is 2. The van der Waals surface area contributed by atoms with Crippen LogP contribution in [0.2, 0.25) is 10.0 Å². The first-order valence-corrected chi connectivity index (χ1v) is 6.43. The van der Waals surface area contributed by atoms with Crippen molar-refractivity contribution in [3.63, 3.8) is 0 Å². The number of hydrogen-bond donors (Lipinski definition) is 0. The van der Waals surface area contributed by atoms with Crippen LogP contribution in [0.3, 0.4) is 0 Å². The van der Waals surface area contributed by atoms with Crippen LogP contribution >= 0.6 is 23.2 Å². The van der Waals surface area contributed by atoms with Crippen LogP contribution in [0.1, 0.15) is 21.5 Å². The molecule has 0 aliphatic heterocycles. The molecule has 0 saturated carbocycles. The summed E-state index contributed by atoms with van der Waals surface area (Å²) in [4.78, 5) is 12.5. The van der Waals surface area contributed by atoms with Gasteiger partial charge in [-0.25, -0.2) is 0 Å². The first kappa shape index (κ1) is 13.9. The lowest BCUT2D eigenvalue weighted by Crippen LogP contribution is -2.05. The van der Waals surface area contributed by atoms with Crippen LogP contribution < -0.4 is 4.74 Å². The van der Waals surface area contributed by atoms with Crippen molar-refractivity contribution in [3.8, 4) is 5.75 Å². The van der Waals surface area contributed by atoms with E-state index in [-0.39, 0.29) is 5.78 Å². The van der Waals surface area contributed by atoms with Crippen LogP contribution in [-0.4, -0.2) is 12.9 Å². The lowest BCUT2D eigenvalue weighted by molar-refractivity contribution is 0.103. The van der Waals surface area contributed by atoms with E-state index in [2.05, 4.69) is 0 Å². The molecule has 0 N–H and O–H groups in total. The fourth-order valence-electron chi connectivity index (χ4n) is 1.87. The Balaban J connectivity index is 2.51. The minimum Gasteiger partial charge on any atom is -0.497 e. The van der Waals surface area contributed by atoms with Gasteiger partial charge < -0.3 is 4.74 Å². The van der Waals surface area contributed by atoms with Gasteiger partial charge in [-0.15, -0.1) is 0 Å². The van der Waals surface area contributed by atoms with Crippen molar-refractivity contribution in [2.45, 2.75) is 6.92 Å². The van der Waals surface area contributed by atoms with Crippen molar-refractivity contribution in [1.82, 2.24) is 0 Å². The molecular weight excluding hydrogens is 283 g/mol. The Morgan fingerprint density at radius 2 is 1.74 bits per heavy atom. The van der Waals surface area contributed by atoms with E-state index in [1.54, 1.807) is 43.5 Å². The van der Waals surface area contributed by atoms with Gasteiger partial charge in [-0.2, -0.15) is 0 Å². The highest BCUT2D eigenvalue weighted by molar-refractivity contribution is 6.41. The fourth-order valence-corrected chi connectivity index (χ4v) is 2.44. The molecule has 0 radical (unpaired) electrons. The van der Waals surface area contributed by atoms with Crippen LogP contribution in [0.15, 0.2) is 36.4 Å². The van der Waals surface area contributed by atoms with Crippen LogP contribution in [-0.2, 0) is 0 Å². The molecule has 2 aromatic carbocycles. The average molecular weight is 295 g/mol. The van der Waals surface area contributed by atoms with Gasteiger partial charge in [0.1, 0.15) is 5.75 Å². The second kappa shape index (κ2) is 5.64. The molecule has 0 spiro atoms. The summed E-state index contributed by atoms with van der Waals surface area (Å²) >= 11 is 12.1. The monoisotopic (exact) mass is 294 g/mol. The van der Waals surface area contributed by atoms with E-state index in [1.807, 2.05) is 6.92 Å². The Hall–Kier alpha value is -1.51. The number of hydrogen-bond acceptors (Lipinski definition) is 2. The Bertz CT molecular complexity index is 616. The Morgan fingerprint density at radius 1 is 1.11 bits per heavy atom. The second-order valence-corrected chi connectivity index (χ2v) is 4.92. The first-order chi connectivity index (χ1) is 9.04. The highest BCUT2D eigenvalue weighted by Gasteiger charge is 2.18. The number of ether oxygens (including phenoxy) is 1. The lowest BCUT2D eigenvalue weighted by Gasteiger charge is -2.09. The minimum absolute atomic E-state index is 0.184. The molecule has 0 bridgehead atoms. The fraction of sp³-hybridized carbons (Fsp3) is 0.133. The Morgan fingerprint density at radius 3 is 2.26 bits per heavy atom. The summed E-state index contributed by atoms with van der Waals surface area (Å²) in [6, 6.07) is 10.3. The van der Waals surface area contributed by atoms with Crippen molar-refractivity contribution in [1.29, 1.82) is 0 Å². The molecule has 0 amide bonds. The minimum atomic E-state index is -0.184. The van der Waals surface area contributed by atoms with Gasteiger partial charge in [-0.05, 0) is 42.8 Å². The molecule has 0 atom stereocenters. The third-order valence-electron chi connectivity index (χ3n) is 2.87. The zero-order valence-corrected chi connectivity index (χ0v) is 12.0. The third-order valence-corrected chi connectivity index (χ3v) is 3.50. The van der Waals surface area contributed by atoms with Crippen LogP contribution in [0.25, 0.3) is 0 Å². The van der Waals surface area contributed by atoms with Gasteiger partial charge in [0.2, 0.25) is 0 Å². The lowest BCUT2D eigenvalue weighted by atomic mass is 9.99. The number of aryl methyl sites for hydroxylation is 1. The van der Waals surface area contributed by atoms with Crippen molar-refractivity contribution >= 4 is 29.0 Å². The van der Waals surface area contributed by atoms with E-state index < -0.39 is 0 Å². The summed E-state index contributed by atoms with van der Waals surface area (Å²) in [7, 11) is 1.58. The van der Waals surface area contributed by atoms with Crippen LogP contribution in [0, 0.1) is 6.92 Å². The molecule has 0 fully saturated rings. The molecule has 19 heavy (non-hydrogen) atoms. The predicted octanol–water partition coefficient (Wildman–Crippen LogP) is 4.54. The molecule has 0 heterocycles. The second-order valence-electron chi connectivity index (χ2n) is 4.11. The molecule has 2 rings (SSSR count). The zero-order valence-electron chi connectivity index (χ0n) is 10.5. The number of ketones is 1. The van der Waals surface area contributed by atoms with E-state index in [1.165, 1.54) is 0 Å². The van der Waals surface area contributed by atoms with Gasteiger partial charge in [0.05, 0.1) is 22.7 Å². The van der Waals surface area contributed by atoms with E-state index in [0.29, 0.717) is 26.9 Å². The SMILES string of the molecule is COc1ccc(C(=O)c2c(Cl)cccc2Cl)c(C)c1. The molecule has 0 unspecified atom stereocenters. The van der Waals surface area contributed by atoms with Crippen LogP contribution in [0.5, 0.6) is 5.75 Å². The number of carbonyl (C=O) groups is 1. The predicted molar refractivity (Wildman–Crippen MR) is 77.6 cm³/mol. The molecule has 0 aromatic heterocycles. The standard InChI is InChI=1S/C15H12Cl2O2/c1-9-8-10(19-2)6-7-11(9)15(18)14-12(16)4-3-5-13(14)17/h3-8H,1-2H3. The van der Waals surface area contributed by atoms with Crippen molar-refractivity contribution < 1.29 is 9.53 Å². The Kier molecular flexibility index (Phi) is 4.13. The summed E-state index contributed by atoms with van der Waals surface area (Å²) in [6.45, 7) is 1.85. The summed E-state index contributed by atoms with van der Waals surface area (Å²) in [5.41, 5.74) is 1.72. The number of methoxy groups -OCH3 is 1. The topological polar surface area (TPSA) is 26.3 Å². The molecule has 0 aliphatic rings. The maximum Gasteiger partial charge on any atom is 0.196 e. The summed E-state index contributed by atoms with van der Waals surface area (Å²) in [6.07, 6.45) is 0. The normalized spacial score (nSPS) is 10.3. The van der Waals surface area contributed by atoms with Gasteiger partial charge >= 0.3 is 0 Å². The zero-order chi connectivity index (χ0) is 14.0. The number of carbonyl (C=O) groups excluding carboxylic acids is 1. The van der Waals surface area contributed by atoms with E-state index in [9.17, 15) is 4.79 Å². The Labute approximate surface area is 121 Å². The van der Waals surface area contributed by atoms with Crippen LogP contribution in [0.4, 0.5) is 0 Å². The average Bonchev–Trinajstić information content (AvgIpc) is 2.38. The van der Waals surface area contributed by atoms with Gasteiger partial charge in [-0.3, -0.25) is 4.79 Å².